The zero-order valence-electron chi connectivity index (χ0n) is 26.2. The fourth-order valence-corrected chi connectivity index (χ4v) is 8.28. The highest BCUT2D eigenvalue weighted by atomic mass is 14.9. The van der Waals surface area contributed by atoms with Crippen LogP contribution in [-0.2, 0) is 10.8 Å². The lowest BCUT2D eigenvalue weighted by atomic mass is 9.55. The highest BCUT2D eigenvalue weighted by Crippen LogP contribution is 2.62. The van der Waals surface area contributed by atoms with Gasteiger partial charge in [0.2, 0.25) is 0 Å². The van der Waals surface area contributed by atoms with Crippen molar-refractivity contribution in [1.82, 2.24) is 9.97 Å². The van der Waals surface area contributed by atoms with Crippen LogP contribution in [0, 0.1) is 0 Å². The Morgan fingerprint density at radius 3 is 1.76 bits per heavy atom. The standard InChI is InChI=1S/C44H34N2/c1-43(2)36-23-13-14-24-38(36)44(34-21-11-9-19-32(34)33-20-10-12-22-35(33)44)39-27-31(25-26-37(39)43)41-28-40(29-15-5-3-6-16-29)45-42(46-41)30-17-7-4-8-18-30/h3,5-7,9-28H,4,8H2,1-2H3. The molecule has 9 rings (SSSR count). The van der Waals surface area contributed by atoms with Gasteiger partial charge in [-0.3, -0.25) is 0 Å². The summed E-state index contributed by atoms with van der Waals surface area (Å²) in [5.74, 6) is 0.780. The number of rotatable bonds is 3. The third kappa shape index (κ3) is 3.77. The van der Waals surface area contributed by atoms with Crippen LogP contribution in [-0.4, -0.2) is 9.97 Å². The summed E-state index contributed by atoms with van der Waals surface area (Å²) in [7, 11) is 0. The molecule has 0 radical (unpaired) electrons. The largest absolute Gasteiger partial charge is 0.228 e. The van der Waals surface area contributed by atoms with E-state index in [0.717, 1.165) is 46.8 Å². The molecule has 0 fully saturated rings. The first kappa shape index (κ1) is 27.0. The molecule has 1 aromatic heterocycles. The van der Waals surface area contributed by atoms with Crippen LogP contribution < -0.4 is 0 Å². The number of benzene rings is 5. The lowest BCUT2D eigenvalue weighted by molar-refractivity contribution is 0.563. The summed E-state index contributed by atoms with van der Waals surface area (Å²) in [6, 6.07) is 46.9. The minimum absolute atomic E-state index is 0.175. The monoisotopic (exact) mass is 590 g/mol. The van der Waals surface area contributed by atoms with Gasteiger partial charge >= 0.3 is 0 Å². The molecule has 0 atom stereocenters. The second-order valence-corrected chi connectivity index (χ2v) is 13.2. The van der Waals surface area contributed by atoms with Crippen molar-refractivity contribution in [2.75, 3.05) is 0 Å². The van der Waals surface area contributed by atoms with E-state index in [1.54, 1.807) is 0 Å². The molecule has 0 unspecified atom stereocenters. The van der Waals surface area contributed by atoms with Gasteiger partial charge in [-0.05, 0) is 69.5 Å². The number of hydrogen-bond acceptors (Lipinski definition) is 2. The minimum Gasteiger partial charge on any atom is -0.228 e. The van der Waals surface area contributed by atoms with Crippen molar-refractivity contribution < 1.29 is 0 Å². The molecule has 0 N–H and O–H groups in total. The summed E-state index contributed by atoms with van der Waals surface area (Å²) in [5, 5.41) is 0. The van der Waals surface area contributed by atoms with Crippen LogP contribution in [0.1, 0.15) is 65.9 Å². The van der Waals surface area contributed by atoms with Gasteiger partial charge < -0.3 is 0 Å². The van der Waals surface area contributed by atoms with E-state index in [0.29, 0.717) is 0 Å². The lowest BCUT2D eigenvalue weighted by Gasteiger charge is -2.46. The first-order valence-electron chi connectivity index (χ1n) is 16.3. The maximum atomic E-state index is 5.26. The van der Waals surface area contributed by atoms with Crippen molar-refractivity contribution in [3.63, 3.8) is 0 Å². The van der Waals surface area contributed by atoms with Gasteiger partial charge in [0.15, 0.2) is 5.82 Å². The van der Waals surface area contributed by atoms with Crippen LogP contribution in [0.5, 0.6) is 0 Å². The molecule has 2 nitrogen and oxygen atoms in total. The second kappa shape index (κ2) is 10.1. The molecule has 2 heteroatoms. The molecule has 220 valence electrons. The molecule has 0 saturated heterocycles. The third-order valence-corrected chi connectivity index (χ3v) is 10.4. The van der Waals surface area contributed by atoms with Crippen LogP contribution in [0.2, 0.25) is 0 Å². The number of nitrogens with zero attached hydrogens (tertiary/aromatic N) is 2. The van der Waals surface area contributed by atoms with Gasteiger partial charge in [0, 0.05) is 22.1 Å². The van der Waals surface area contributed by atoms with E-state index in [2.05, 4.69) is 159 Å². The number of allylic oxidation sites excluding steroid dienone is 4. The molecule has 3 aliphatic rings. The van der Waals surface area contributed by atoms with Crippen LogP contribution in [0.15, 0.2) is 146 Å². The molecule has 0 amide bonds. The van der Waals surface area contributed by atoms with Gasteiger partial charge in [-0.25, -0.2) is 9.97 Å². The highest BCUT2D eigenvalue weighted by molar-refractivity contribution is 5.89. The van der Waals surface area contributed by atoms with Crippen molar-refractivity contribution >= 4 is 5.57 Å². The topological polar surface area (TPSA) is 25.8 Å². The van der Waals surface area contributed by atoms with Crippen LogP contribution in [0.3, 0.4) is 0 Å². The zero-order chi connectivity index (χ0) is 30.9. The average Bonchev–Trinajstić information content (AvgIpc) is 3.42. The van der Waals surface area contributed by atoms with Gasteiger partial charge in [-0.1, -0.05) is 147 Å². The van der Waals surface area contributed by atoms with E-state index < -0.39 is 5.41 Å². The van der Waals surface area contributed by atoms with Crippen molar-refractivity contribution in [2.24, 2.45) is 0 Å². The van der Waals surface area contributed by atoms with E-state index in [1.807, 2.05) is 0 Å². The van der Waals surface area contributed by atoms with Crippen LogP contribution in [0.4, 0.5) is 0 Å². The lowest BCUT2D eigenvalue weighted by Crippen LogP contribution is -2.40. The zero-order valence-corrected chi connectivity index (χ0v) is 26.2. The van der Waals surface area contributed by atoms with Crippen molar-refractivity contribution in [3.8, 4) is 33.6 Å². The van der Waals surface area contributed by atoms with Crippen molar-refractivity contribution in [2.45, 2.75) is 37.5 Å². The summed E-state index contributed by atoms with van der Waals surface area (Å²) in [4.78, 5) is 10.3. The normalized spacial score (nSPS) is 16.3. The van der Waals surface area contributed by atoms with Gasteiger partial charge in [-0.2, -0.15) is 0 Å². The van der Waals surface area contributed by atoms with Gasteiger partial charge in [-0.15, -0.1) is 0 Å². The molecule has 6 aromatic rings. The number of hydrogen-bond donors (Lipinski definition) is 0. The Labute approximate surface area is 270 Å². The SMILES string of the molecule is CC1(C)c2ccccc2C2(c3ccccc3-c3ccccc32)c2cc(-c3cc(-c4ccccc4)nc(C4=CCCC=C4)n3)ccc21. The van der Waals surface area contributed by atoms with E-state index in [-0.39, 0.29) is 5.41 Å². The molecule has 1 spiro atoms. The van der Waals surface area contributed by atoms with E-state index in [4.69, 9.17) is 9.97 Å². The Morgan fingerprint density at radius 1 is 0.500 bits per heavy atom. The fourth-order valence-electron chi connectivity index (χ4n) is 8.28. The Hall–Kier alpha value is -5.34. The Morgan fingerprint density at radius 2 is 1.09 bits per heavy atom. The highest BCUT2D eigenvalue weighted by Gasteiger charge is 2.53. The Kier molecular flexibility index (Phi) is 5.92. The molecule has 0 saturated carbocycles. The molecule has 0 bridgehead atoms. The summed E-state index contributed by atoms with van der Waals surface area (Å²) in [5.41, 5.74) is 15.3. The molecular formula is C44H34N2. The quantitative estimate of drug-likeness (QED) is 0.205. The number of fused-ring (bicyclic) bond motifs is 9. The Balaban J connectivity index is 1.35. The molecule has 5 aromatic carbocycles. The second-order valence-electron chi connectivity index (χ2n) is 13.2. The third-order valence-electron chi connectivity index (χ3n) is 10.4. The van der Waals surface area contributed by atoms with E-state index >= 15 is 0 Å². The van der Waals surface area contributed by atoms with Gasteiger partial charge in [0.05, 0.1) is 16.8 Å². The first-order valence-corrected chi connectivity index (χ1v) is 16.3. The summed E-state index contributed by atoms with van der Waals surface area (Å²) >= 11 is 0. The number of aromatic nitrogens is 2. The van der Waals surface area contributed by atoms with Gasteiger partial charge in [0.25, 0.3) is 0 Å². The maximum Gasteiger partial charge on any atom is 0.160 e. The maximum absolute atomic E-state index is 5.26. The molecule has 3 aliphatic carbocycles. The van der Waals surface area contributed by atoms with E-state index in [1.165, 1.54) is 44.5 Å². The van der Waals surface area contributed by atoms with Crippen molar-refractivity contribution in [1.29, 1.82) is 0 Å². The first-order chi connectivity index (χ1) is 22.6. The van der Waals surface area contributed by atoms with Gasteiger partial charge in [0.1, 0.15) is 0 Å². The fraction of sp³-hybridized carbons (Fsp3) is 0.136. The van der Waals surface area contributed by atoms with E-state index in [9.17, 15) is 0 Å². The van der Waals surface area contributed by atoms with Crippen molar-refractivity contribution in [3.05, 3.63) is 185 Å². The Bertz CT molecular complexity index is 2190. The average molecular weight is 591 g/mol. The predicted molar refractivity (Wildman–Crippen MR) is 189 cm³/mol. The van der Waals surface area contributed by atoms with Crippen LogP contribution >= 0.6 is 0 Å². The molecule has 1 heterocycles. The smallest absolute Gasteiger partial charge is 0.160 e. The molecule has 46 heavy (non-hydrogen) atoms. The van der Waals surface area contributed by atoms with Crippen LogP contribution in [0.25, 0.3) is 39.2 Å². The summed E-state index contributed by atoms with van der Waals surface area (Å²) in [6.45, 7) is 4.75. The predicted octanol–water partition coefficient (Wildman–Crippen LogP) is 10.5. The minimum atomic E-state index is -0.433. The summed E-state index contributed by atoms with van der Waals surface area (Å²) in [6.07, 6.45) is 8.73. The molecular weight excluding hydrogens is 556 g/mol. The molecule has 0 aliphatic heterocycles. The summed E-state index contributed by atoms with van der Waals surface area (Å²) < 4.78 is 0.